The van der Waals surface area contributed by atoms with Gasteiger partial charge in [0.1, 0.15) is 11.3 Å². The van der Waals surface area contributed by atoms with E-state index in [0.717, 1.165) is 9.13 Å². The fourth-order valence-corrected chi connectivity index (χ4v) is 2.29. The van der Waals surface area contributed by atoms with Crippen LogP contribution in [0.3, 0.4) is 0 Å². The first kappa shape index (κ1) is 16.3. The third-order valence-electron chi connectivity index (χ3n) is 2.85. The molecule has 0 saturated heterocycles. The molecule has 5 nitrogen and oxygen atoms in total. The SMILES string of the molecule is Cc1ccc(O)c(C(=O)OCC(=O)Nc2ccccc2I)c1. The maximum atomic E-state index is 11.9. The molecule has 0 saturated carbocycles. The molecule has 0 aliphatic carbocycles. The molecule has 2 rings (SSSR count). The minimum Gasteiger partial charge on any atom is -0.507 e. The minimum atomic E-state index is -0.737. The van der Waals surface area contributed by atoms with Crippen molar-refractivity contribution < 1.29 is 19.4 Å². The summed E-state index contributed by atoms with van der Waals surface area (Å²) < 4.78 is 5.81. The summed E-state index contributed by atoms with van der Waals surface area (Å²) in [5.41, 5.74) is 1.51. The van der Waals surface area contributed by atoms with Crippen LogP contribution in [0.4, 0.5) is 5.69 Å². The molecule has 0 aromatic heterocycles. The zero-order valence-corrected chi connectivity index (χ0v) is 14.0. The van der Waals surface area contributed by atoms with Gasteiger partial charge in [-0.25, -0.2) is 4.79 Å². The van der Waals surface area contributed by atoms with Crippen LogP contribution in [0.2, 0.25) is 0 Å². The molecule has 0 aliphatic heterocycles. The number of phenolic OH excluding ortho intramolecular Hbond substituents is 1. The molecule has 2 N–H and O–H groups in total. The van der Waals surface area contributed by atoms with E-state index in [1.54, 1.807) is 25.1 Å². The zero-order chi connectivity index (χ0) is 16.1. The average molecular weight is 411 g/mol. The number of rotatable bonds is 4. The number of hydrogen-bond acceptors (Lipinski definition) is 4. The van der Waals surface area contributed by atoms with E-state index in [2.05, 4.69) is 27.9 Å². The van der Waals surface area contributed by atoms with Crippen LogP contribution in [0.15, 0.2) is 42.5 Å². The Bertz CT molecular complexity index is 715. The molecule has 0 aliphatic rings. The van der Waals surface area contributed by atoms with Crippen molar-refractivity contribution in [2.24, 2.45) is 0 Å². The predicted molar refractivity (Wildman–Crippen MR) is 90.9 cm³/mol. The maximum absolute atomic E-state index is 11.9. The molecule has 0 fully saturated rings. The van der Waals surface area contributed by atoms with Gasteiger partial charge in [-0.3, -0.25) is 4.79 Å². The van der Waals surface area contributed by atoms with Crippen LogP contribution in [0.5, 0.6) is 5.75 Å². The number of anilines is 1. The average Bonchev–Trinajstić information content (AvgIpc) is 2.49. The lowest BCUT2D eigenvalue weighted by molar-refractivity contribution is -0.119. The highest BCUT2D eigenvalue weighted by molar-refractivity contribution is 14.1. The molecule has 1 amide bonds. The van der Waals surface area contributed by atoms with Gasteiger partial charge in [0, 0.05) is 3.57 Å². The molecule has 0 unspecified atom stereocenters. The molecule has 0 spiro atoms. The summed E-state index contributed by atoms with van der Waals surface area (Å²) >= 11 is 2.10. The molecule has 2 aromatic carbocycles. The Balaban J connectivity index is 1.95. The highest BCUT2D eigenvalue weighted by Crippen LogP contribution is 2.19. The second-order valence-electron chi connectivity index (χ2n) is 4.62. The number of benzene rings is 2. The fourth-order valence-electron chi connectivity index (χ4n) is 1.77. The number of carbonyl (C=O) groups excluding carboxylic acids is 2. The second-order valence-corrected chi connectivity index (χ2v) is 5.79. The number of halogens is 1. The van der Waals surface area contributed by atoms with Gasteiger partial charge in [0.05, 0.1) is 5.69 Å². The van der Waals surface area contributed by atoms with Gasteiger partial charge < -0.3 is 15.2 Å². The molecule has 0 heterocycles. The summed E-state index contributed by atoms with van der Waals surface area (Å²) in [7, 11) is 0. The molecule has 114 valence electrons. The lowest BCUT2D eigenvalue weighted by Crippen LogP contribution is -2.21. The number of aryl methyl sites for hydroxylation is 1. The number of phenols is 1. The third-order valence-corrected chi connectivity index (χ3v) is 3.79. The van der Waals surface area contributed by atoms with Crippen LogP contribution in [0.1, 0.15) is 15.9 Å². The number of hydrogen-bond donors (Lipinski definition) is 2. The lowest BCUT2D eigenvalue weighted by Gasteiger charge is -2.09. The van der Waals surface area contributed by atoms with Crippen LogP contribution in [0, 0.1) is 10.5 Å². The van der Waals surface area contributed by atoms with E-state index in [4.69, 9.17) is 4.74 Å². The van der Waals surface area contributed by atoms with Gasteiger partial charge in [0.2, 0.25) is 0 Å². The normalized spacial score (nSPS) is 10.1. The third kappa shape index (κ3) is 4.20. The standard InChI is InChI=1S/C16H14INO4/c1-10-6-7-14(19)11(8-10)16(21)22-9-15(20)18-13-5-3-2-4-12(13)17/h2-8,19H,9H2,1H3,(H,18,20). The van der Waals surface area contributed by atoms with E-state index in [9.17, 15) is 14.7 Å². The molecule has 0 radical (unpaired) electrons. The molecule has 6 heteroatoms. The van der Waals surface area contributed by atoms with Gasteiger partial charge in [-0.2, -0.15) is 0 Å². The highest BCUT2D eigenvalue weighted by Gasteiger charge is 2.15. The molecular weight excluding hydrogens is 397 g/mol. The minimum absolute atomic E-state index is 0.0436. The highest BCUT2D eigenvalue weighted by atomic mass is 127. The monoisotopic (exact) mass is 411 g/mol. The summed E-state index contributed by atoms with van der Waals surface area (Å²) in [4.78, 5) is 23.7. The molecule has 0 atom stereocenters. The lowest BCUT2D eigenvalue weighted by atomic mass is 10.1. The van der Waals surface area contributed by atoms with Crippen molar-refractivity contribution in [2.75, 3.05) is 11.9 Å². The van der Waals surface area contributed by atoms with Crippen molar-refractivity contribution in [1.82, 2.24) is 0 Å². The number of amides is 1. The summed E-state index contributed by atoms with van der Waals surface area (Å²) in [6, 6.07) is 11.9. The Kier molecular flexibility index (Phi) is 5.37. The Morgan fingerprint density at radius 2 is 1.95 bits per heavy atom. The number of carbonyl (C=O) groups is 2. The van der Waals surface area contributed by atoms with E-state index < -0.39 is 18.5 Å². The Labute approximate surface area is 141 Å². The predicted octanol–water partition coefficient (Wildman–Crippen LogP) is 3.10. The number of esters is 1. The molecule has 0 bridgehead atoms. The maximum Gasteiger partial charge on any atom is 0.342 e. The molecular formula is C16H14INO4. The smallest absolute Gasteiger partial charge is 0.342 e. The number of para-hydroxylation sites is 1. The fraction of sp³-hybridized carbons (Fsp3) is 0.125. The van der Waals surface area contributed by atoms with E-state index in [1.165, 1.54) is 12.1 Å². The van der Waals surface area contributed by atoms with E-state index in [1.807, 2.05) is 12.1 Å². The number of nitrogens with one attached hydrogen (secondary N) is 1. The van der Waals surface area contributed by atoms with Crippen LogP contribution in [-0.4, -0.2) is 23.6 Å². The summed E-state index contributed by atoms with van der Waals surface area (Å²) in [5.74, 6) is -1.35. The van der Waals surface area contributed by atoms with Crippen molar-refractivity contribution in [1.29, 1.82) is 0 Å². The van der Waals surface area contributed by atoms with E-state index >= 15 is 0 Å². The van der Waals surface area contributed by atoms with Crippen LogP contribution < -0.4 is 5.32 Å². The van der Waals surface area contributed by atoms with Gasteiger partial charge in [-0.15, -0.1) is 0 Å². The number of ether oxygens (including phenoxy) is 1. The second kappa shape index (κ2) is 7.26. The first-order chi connectivity index (χ1) is 10.5. The van der Waals surface area contributed by atoms with Gasteiger partial charge in [0.25, 0.3) is 5.91 Å². The Morgan fingerprint density at radius 3 is 2.68 bits per heavy atom. The Hall–Kier alpha value is -2.09. The van der Waals surface area contributed by atoms with Gasteiger partial charge in [-0.05, 0) is 53.8 Å². The summed E-state index contributed by atoms with van der Waals surface area (Å²) in [6.45, 7) is 1.37. The first-order valence-electron chi connectivity index (χ1n) is 6.48. The van der Waals surface area contributed by atoms with Crippen LogP contribution >= 0.6 is 22.6 Å². The van der Waals surface area contributed by atoms with Crippen LogP contribution in [-0.2, 0) is 9.53 Å². The summed E-state index contributed by atoms with van der Waals surface area (Å²) in [6.07, 6.45) is 0. The van der Waals surface area contributed by atoms with Crippen molar-refractivity contribution >= 4 is 40.2 Å². The topological polar surface area (TPSA) is 75.6 Å². The Morgan fingerprint density at radius 1 is 1.23 bits per heavy atom. The van der Waals surface area contributed by atoms with Gasteiger partial charge >= 0.3 is 5.97 Å². The zero-order valence-electron chi connectivity index (χ0n) is 11.8. The van der Waals surface area contributed by atoms with Crippen molar-refractivity contribution in [2.45, 2.75) is 6.92 Å². The van der Waals surface area contributed by atoms with Crippen molar-refractivity contribution in [3.8, 4) is 5.75 Å². The van der Waals surface area contributed by atoms with Gasteiger partial charge in [-0.1, -0.05) is 23.8 Å². The van der Waals surface area contributed by atoms with Crippen molar-refractivity contribution in [3.05, 3.63) is 57.2 Å². The van der Waals surface area contributed by atoms with E-state index in [-0.39, 0.29) is 11.3 Å². The molecule has 2 aromatic rings. The van der Waals surface area contributed by atoms with E-state index in [0.29, 0.717) is 5.69 Å². The number of aromatic hydroxyl groups is 1. The largest absolute Gasteiger partial charge is 0.507 e. The van der Waals surface area contributed by atoms with Crippen LogP contribution in [0.25, 0.3) is 0 Å². The molecule has 22 heavy (non-hydrogen) atoms. The van der Waals surface area contributed by atoms with Gasteiger partial charge in [0.15, 0.2) is 6.61 Å². The quantitative estimate of drug-likeness (QED) is 0.599. The summed E-state index contributed by atoms with van der Waals surface area (Å²) in [5, 5.41) is 12.3. The first-order valence-corrected chi connectivity index (χ1v) is 7.56. The van der Waals surface area contributed by atoms with Crippen molar-refractivity contribution in [3.63, 3.8) is 0 Å².